The van der Waals surface area contributed by atoms with E-state index in [9.17, 15) is 9.59 Å². The average Bonchev–Trinajstić information content (AvgIpc) is 2.61. The van der Waals surface area contributed by atoms with Gasteiger partial charge in [0.25, 0.3) is 0 Å². The molecule has 2 aromatic carbocycles. The Bertz CT molecular complexity index is 1020. The molecule has 0 aliphatic carbocycles. The molecule has 3 rings (SSSR count). The molecule has 27 heavy (non-hydrogen) atoms. The summed E-state index contributed by atoms with van der Waals surface area (Å²) in [7, 11) is 0. The molecule has 1 unspecified atom stereocenters. The molecule has 0 amide bonds. The summed E-state index contributed by atoms with van der Waals surface area (Å²) >= 11 is 5.91. The molecule has 0 fully saturated rings. The molecule has 6 heteroatoms. The van der Waals surface area contributed by atoms with Gasteiger partial charge in [0.1, 0.15) is 17.1 Å². The first-order valence-electron chi connectivity index (χ1n) is 8.67. The Balaban J connectivity index is 1.77. The Hall–Kier alpha value is -2.79. The molecule has 1 aromatic heterocycles. The second-order valence-corrected chi connectivity index (χ2v) is 6.57. The van der Waals surface area contributed by atoms with E-state index in [2.05, 4.69) is 0 Å². The van der Waals surface area contributed by atoms with Gasteiger partial charge in [-0.05, 0) is 49.2 Å². The number of rotatable bonds is 6. The quantitative estimate of drug-likeness (QED) is 0.347. The van der Waals surface area contributed by atoms with Gasteiger partial charge in [-0.3, -0.25) is 0 Å². The first-order valence-corrected chi connectivity index (χ1v) is 9.04. The number of ether oxygens (including phenoxy) is 2. The summed E-state index contributed by atoms with van der Waals surface area (Å²) in [5.74, 6) is 0.188. The van der Waals surface area contributed by atoms with E-state index >= 15 is 0 Å². The van der Waals surface area contributed by atoms with Crippen molar-refractivity contribution in [3.05, 3.63) is 69.5 Å². The van der Waals surface area contributed by atoms with Crippen molar-refractivity contribution < 1.29 is 18.7 Å². The van der Waals surface area contributed by atoms with Gasteiger partial charge >= 0.3 is 11.6 Å². The van der Waals surface area contributed by atoms with Crippen LogP contribution in [-0.2, 0) is 11.2 Å². The summed E-state index contributed by atoms with van der Waals surface area (Å²) in [5.41, 5.74) is 0.881. The number of hydrogen-bond donors (Lipinski definition) is 0. The maximum atomic E-state index is 12.3. The van der Waals surface area contributed by atoms with E-state index in [-0.39, 0.29) is 5.75 Å². The maximum Gasteiger partial charge on any atom is 0.352 e. The lowest BCUT2D eigenvalue weighted by Gasteiger charge is -2.14. The summed E-state index contributed by atoms with van der Waals surface area (Å²) in [6.45, 7) is 3.63. The predicted octanol–water partition coefficient (Wildman–Crippen LogP) is 4.77. The summed E-state index contributed by atoms with van der Waals surface area (Å²) in [6.07, 6.45) is 0.844. The Morgan fingerprint density at radius 2 is 1.96 bits per heavy atom. The van der Waals surface area contributed by atoms with Gasteiger partial charge in [0.05, 0.1) is 0 Å². The van der Waals surface area contributed by atoms with Crippen LogP contribution in [0, 0.1) is 0 Å². The molecule has 0 saturated heterocycles. The predicted molar refractivity (Wildman–Crippen MR) is 104 cm³/mol. The summed E-state index contributed by atoms with van der Waals surface area (Å²) in [6, 6.07) is 13.3. The molecule has 5 nitrogen and oxygen atoms in total. The number of benzene rings is 2. The van der Waals surface area contributed by atoms with E-state index in [0.29, 0.717) is 16.4 Å². The molecule has 0 aliphatic heterocycles. The number of esters is 1. The zero-order valence-corrected chi connectivity index (χ0v) is 15.8. The monoisotopic (exact) mass is 386 g/mol. The van der Waals surface area contributed by atoms with Crippen LogP contribution >= 0.6 is 11.6 Å². The van der Waals surface area contributed by atoms with Gasteiger partial charge in [0.2, 0.25) is 0 Å². The van der Waals surface area contributed by atoms with Crippen LogP contribution in [0.1, 0.15) is 25.8 Å². The lowest BCUT2D eigenvalue weighted by atomic mass is 10.1. The first kappa shape index (κ1) is 19.0. The van der Waals surface area contributed by atoms with Gasteiger partial charge in [-0.2, -0.15) is 0 Å². The first-order chi connectivity index (χ1) is 13.0. The van der Waals surface area contributed by atoms with Crippen molar-refractivity contribution in [2.45, 2.75) is 32.8 Å². The molecule has 0 spiro atoms. The fraction of sp³-hybridized carbons (Fsp3) is 0.238. The molecule has 0 aliphatic rings. The number of hydrogen-bond acceptors (Lipinski definition) is 5. The van der Waals surface area contributed by atoms with Gasteiger partial charge < -0.3 is 13.9 Å². The molecule has 1 atom stereocenters. The number of carbonyl (C=O) groups excluding carboxylic acids is 1. The molecule has 1 heterocycles. The fourth-order valence-corrected chi connectivity index (χ4v) is 2.92. The van der Waals surface area contributed by atoms with Gasteiger partial charge in [-0.1, -0.05) is 31.0 Å². The second kappa shape index (κ2) is 8.27. The Morgan fingerprint density at radius 1 is 1.15 bits per heavy atom. The van der Waals surface area contributed by atoms with Crippen LogP contribution in [0.5, 0.6) is 11.5 Å². The topological polar surface area (TPSA) is 65.7 Å². The zero-order chi connectivity index (χ0) is 19.4. The van der Waals surface area contributed by atoms with Crippen molar-refractivity contribution in [1.29, 1.82) is 0 Å². The van der Waals surface area contributed by atoms with Crippen molar-refractivity contribution in [3.63, 3.8) is 0 Å². The molecule has 3 aromatic rings. The van der Waals surface area contributed by atoms with Crippen molar-refractivity contribution >= 4 is 28.5 Å². The third-order valence-corrected chi connectivity index (χ3v) is 4.22. The van der Waals surface area contributed by atoms with E-state index < -0.39 is 17.7 Å². The van der Waals surface area contributed by atoms with Gasteiger partial charge in [-0.15, -0.1) is 0 Å². The van der Waals surface area contributed by atoms with Crippen LogP contribution in [0.4, 0.5) is 0 Å². The highest BCUT2D eigenvalue weighted by molar-refractivity contribution is 6.30. The molecule has 0 N–H and O–H groups in total. The summed E-state index contributed by atoms with van der Waals surface area (Å²) in [4.78, 5) is 24.0. The van der Waals surface area contributed by atoms with Gasteiger partial charge in [0.15, 0.2) is 6.10 Å². The number of carbonyl (C=O) groups is 1. The van der Waals surface area contributed by atoms with Crippen LogP contribution in [-0.4, -0.2) is 12.1 Å². The minimum Gasteiger partial charge on any atom is -0.479 e. The van der Waals surface area contributed by atoms with E-state index in [1.54, 1.807) is 49.4 Å². The standard InChI is InChI=1S/C21H19ClO5/c1-3-5-14-10-20(23)27-19-12-17(8-9-18(14)19)26-21(24)13(2)25-16-7-4-6-15(22)11-16/h4,6-13H,3,5H2,1-2H3. The van der Waals surface area contributed by atoms with Crippen molar-refractivity contribution in [2.24, 2.45) is 0 Å². The van der Waals surface area contributed by atoms with Crippen LogP contribution in [0.25, 0.3) is 11.0 Å². The average molecular weight is 387 g/mol. The highest BCUT2D eigenvalue weighted by atomic mass is 35.5. The SMILES string of the molecule is CCCc1cc(=O)oc2cc(OC(=O)C(C)Oc3cccc(Cl)c3)ccc12. The van der Waals surface area contributed by atoms with Crippen molar-refractivity contribution in [1.82, 2.24) is 0 Å². The zero-order valence-electron chi connectivity index (χ0n) is 15.0. The number of fused-ring (bicyclic) bond motifs is 1. The minimum absolute atomic E-state index is 0.283. The number of aryl methyl sites for hydroxylation is 1. The van der Waals surface area contributed by atoms with Gasteiger partial charge in [0, 0.05) is 22.5 Å². The van der Waals surface area contributed by atoms with Crippen LogP contribution in [0.15, 0.2) is 57.7 Å². The van der Waals surface area contributed by atoms with E-state index in [1.165, 1.54) is 6.07 Å². The second-order valence-electron chi connectivity index (χ2n) is 6.14. The van der Waals surface area contributed by atoms with Crippen LogP contribution in [0.2, 0.25) is 5.02 Å². The smallest absolute Gasteiger partial charge is 0.352 e. The van der Waals surface area contributed by atoms with E-state index in [4.69, 9.17) is 25.5 Å². The normalized spacial score (nSPS) is 12.0. The number of halogens is 1. The van der Waals surface area contributed by atoms with E-state index in [1.807, 2.05) is 6.92 Å². The van der Waals surface area contributed by atoms with Crippen molar-refractivity contribution in [2.75, 3.05) is 0 Å². The lowest BCUT2D eigenvalue weighted by molar-refractivity contribution is -0.141. The van der Waals surface area contributed by atoms with Gasteiger partial charge in [-0.25, -0.2) is 9.59 Å². The highest BCUT2D eigenvalue weighted by Gasteiger charge is 2.18. The molecule has 0 radical (unpaired) electrons. The van der Waals surface area contributed by atoms with Crippen molar-refractivity contribution in [3.8, 4) is 11.5 Å². The molecular weight excluding hydrogens is 368 g/mol. The highest BCUT2D eigenvalue weighted by Crippen LogP contribution is 2.24. The summed E-state index contributed by atoms with van der Waals surface area (Å²) in [5, 5.41) is 1.35. The lowest BCUT2D eigenvalue weighted by Crippen LogP contribution is -2.28. The van der Waals surface area contributed by atoms with Crippen LogP contribution in [0.3, 0.4) is 0 Å². The van der Waals surface area contributed by atoms with Crippen LogP contribution < -0.4 is 15.1 Å². The third-order valence-electron chi connectivity index (χ3n) is 3.98. The van der Waals surface area contributed by atoms with E-state index in [0.717, 1.165) is 23.8 Å². The molecular formula is C21H19ClO5. The Morgan fingerprint density at radius 3 is 2.70 bits per heavy atom. The fourth-order valence-electron chi connectivity index (χ4n) is 2.74. The largest absolute Gasteiger partial charge is 0.479 e. The third kappa shape index (κ3) is 4.68. The Kier molecular flexibility index (Phi) is 5.81. The minimum atomic E-state index is -0.836. The Labute approximate surface area is 161 Å². The summed E-state index contributed by atoms with van der Waals surface area (Å²) < 4.78 is 16.2. The molecule has 0 saturated carbocycles. The molecule has 0 bridgehead atoms. The molecule has 140 valence electrons. The maximum absolute atomic E-state index is 12.3.